The van der Waals surface area contributed by atoms with E-state index in [0.29, 0.717) is 0 Å². The zero-order valence-corrected chi connectivity index (χ0v) is 16.8. The molecule has 0 atom stereocenters. The highest BCUT2D eigenvalue weighted by Crippen LogP contribution is 2.39. The molecule has 0 aliphatic carbocycles. The molecule has 1 nitrogen and oxygen atoms in total. The second kappa shape index (κ2) is 5.84. The maximum absolute atomic E-state index is 6.46. The van der Waals surface area contributed by atoms with Crippen LogP contribution >= 0.6 is 15.9 Å². The Morgan fingerprint density at radius 3 is 2.00 bits per heavy atom. The van der Waals surface area contributed by atoms with Gasteiger partial charge in [-0.3, -0.25) is 0 Å². The zero-order chi connectivity index (χ0) is 15.8. The van der Waals surface area contributed by atoms with Crippen LogP contribution in [-0.2, 0) is 10.7 Å². The summed E-state index contributed by atoms with van der Waals surface area (Å²) < 4.78 is 6.46. The maximum atomic E-state index is 6.46. The molecule has 20 heavy (non-hydrogen) atoms. The fourth-order valence-electron chi connectivity index (χ4n) is 1.68. The molecule has 1 aromatic carbocycles. The third-order valence-electron chi connectivity index (χ3n) is 4.24. The predicted molar refractivity (Wildman–Crippen MR) is 95.6 cm³/mol. The van der Waals surface area contributed by atoms with Gasteiger partial charge in [-0.2, -0.15) is 0 Å². The lowest BCUT2D eigenvalue weighted by molar-refractivity contribution is 0.487. The van der Waals surface area contributed by atoms with Gasteiger partial charge in [0.1, 0.15) is 5.75 Å². The van der Waals surface area contributed by atoms with E-state index in [0.717, 1.165) is 11.1 Å². The van der Waals surface area contributed by atoms with Crippen molar-refractivity contribution in [3.63, 3.8) is 0 Å². The molecule has 0 radical (unpaired) electrons. The summed E-state index contributed by atoms with van der Waals surface area (Å²) in [5.74, 6) is 1.04. The van der Waals surface area contributed by atoms with Crippen molar-refractivity contribution >= 4 is 24.2 Å². The van der Waals surface area contributed by atoms with Crippen molar-refractivity contribution in [1.29, 1.82) is 0 Å². The summed E-state index contributed by atoms with van der Waals surface area (Å²) in [7, 11) is -1.78. The molecule has 0 aliphatic rings. The highest BCUT2D eigenvalue weighted by molar-refractivity contribution is 9.08. The summed E-state index contributed by atoms with van der Waals surface area (Å²) in [4.78, 5) is 0. The Hall–Kier alpha value is -0.283. The molecule has 0 saturated carbocycles. The minimum atomic E-state index is -1.78. The second-order valence-electron chi connectivity index (χ2n) is 8.07. The van der Waals surface area contributed by atoms with E-state index in [1.807, 2.05) is 0 Å². The molecule has 0 bridgehead atoms. The van der Waals surface area contributed by atoms with E-state index >= 15 is 0 Å². The lowest BCUT2D eigenvalue weighted by Crippen LogP contribution is -2.44. The maximum Gasteiger partial charge on any atom is 0.250 e. The number of hydrogen-bond donors (Lipinski definition) is 0. The molecule has 0 fully saturated rings. The van der Waals surface area contributed by atoms with Gasteiger partial charge in [0.05, 0.1) is 0 Å². The smallest absolute Gasteiger partial charge is 0.250 e. The van der Waals surface area contributed by atoms with Crippen LogP contribution in [0.5, 0.6) is 5.75 Å². The first-order valence-corrected chi connectivity index (χ1v) is 11.3. The average Bonchev–Trinajstić information content (AvgIpc) is 2.26. The van der Waals surface area contributed by atoms with E-state index in [2.05, 4.69) is 88.8 Å². The molecule has 0 aliphatic heterocycles. The van der Waals surface area contributed by atoms with Gasteiger partial charge in [0.2, 0.25) is 8.32 Å². The summed E-state index contributed by atoms with van der Waals surface area (Å²) in [6.07, 6.45) is 0. The van der Waals surface area contributed by atoms with Gasteiger partial charge in [0, 0.05) is 10.9 Å². The van der Waals surface area contributed by atoms with Crippen LogP contribution < -0.4 is 4.43 Å². The van der Waals surface area contributed by atoms with Gasteiger partial charge in [-0.15, -0.1) is 0 Å². The number of rotatable bonds is 3. The Kier molecular flexibility index (Phi) is 5.19. The molecule has 1 aromatic rings. The molecule has 0 amide bonds. The number of benzene rings is 1. The molecule has 0 N–H and O–H groups in total. The van der Waals surface area contributed by atoms with Crippen molar-refractivity contribution in [2.24, 2.45) is 0 Å². The van der Waals surface area contributed by atoms with E-state index in [4.69, 9.17) is 4.43 Å². The number of hydrogen-bond acceptors (Lipinski definition) is 1. The Morgan fingerprint density at radius 1 is 1.05 bits per heavy atom. The van der Waals surface area contributed by atoms with Gasteiger partial charge < -0.3 is 4.43 Å². The van der Waals surface area contributed by atoms with Gasteiger partial charge in [0.15, 0.2) is 0 Å². The summed E-state index contributed by atoms with van der Waals surface area (Å²) in [6.45, 7) is 18.1. The first kappa shape index (κ1) is 17.8. The minimum Gasteiger partial charge on any atom is -0.543 e. The summed E-state index contributed by atoms with van der Waals surface area (Å²) in [5, 5.41) is 1.06. The molecule has 0 aromatic heterocycles. The number of halogens is 1. The Bertz CT molecular complexity index is 467. The quantitative estimate of drug-likeness (QED) is 0.458. The average molecular weight is 357 g/mol. The Balaban J connectivity index is 3.15. The Morgan fingerprint density at radius 2 is 1.60 bits per heavy atom. The van der Waals surface area contributed by atoms with Crippen LogP contribution in [0.3, 0.4) is 0 Å². The molecular formula is C17H29BrOSi. The van der Waals surface area contributed by atoms with Crippen molar-refractivity contribution in [3.05, 3.63) is 29.3 Å². The first-order valence-electron chi connectivity index (χ1n) is 7.27. The van der Waals surface area contributed by atoms with Gasteiger partial charge in [-0.25, -0.2) is 0 Å². The highest BCUT2D eigenvalue weighted by atomic mass is 79.9. The standard InChI is InChI=1S/C17H29BrOSi/c1-16(2,3)14-9-10-15(13(11-14)12-18)19-20(7,8)17(4,5)6/h9-11H,12H2,1-8H3. The molecule has 0 saturated heterocycles. The predicted octanol–water partition coefficient (Wildman–Crippen LogP) is 6.26. The molecular weight excluding hydrogens is 328 g/mol. The summed E-state index contributed by atoms with van der Waals surface area (Å²) in [6, 6.07) is 6.63. The molecule has 114 valence electrons. The largest absolute Gasteiger partial charge is 0.543 e. The Labute approximate surface area is 134 Å². The van der Waals surface area contributed by atoms with Crippen molar-refractivity contribution in [2.45, 2.75) is 70.4 Å². The van der Waals surface area contributed by atoms with E-state index < -0.39 is 8.32 Å². The lowest BCUT2D eigenvalue weighted by atomic mass is 9.86. The van der Waals surface area contributed by atoms with Crippen LogP contribution in [0.1, 0.15) is 52.7 Å². The normalized spacial score (nSPS) is 13.4. The van der Waals surface area contributed by atoms with Crippen molar-refractivity contribution in [3.8, 4) is 5.75 Å². The van der Waals surface area contributed by atoms with Crippen LogP contribution in [0.25, 0.3) is 0 Å². The molecule has 0 heterocycles. The van der Waals surface area contributed by atoms with Gasteiger partial charge in [-0.05, 0) is 35.2 Å². The third-order valence-corrected chi connectivity index (χ3v) is 9.19. The van der Waals surface area contributed by atoms with Gasteiger partial charge in [-0.1, -0.05) is 69.6 Å². The molecule has 1 rings (SSSR count). The zero-order valence-electron chi connectivity index (χ0n) is 14.2. The molecule has 0 unspecified atom stereocenters. The number of alkyl halides is 1. The third kappa shape index (κ3) is 4.11. The van der Waals surface area contributed by atoms with E-state index in [-0.39, 0.29) is 10.5 Å². The van der Waals surface area contributed by atoms with E-state index in [1.165, 1.54) is 11.1 Å². The van der Waals surface area contributed by atoms with Crippen LogP contribution in [0.15, 0.2) is 18.2 Å². The van der Waals surface area contributed by atoms with E-state index in [1.54, 1.807) is 0 Å². The summed E-state index contributed by atoms with van der Waals surface area (Å²) >= 11 is 3.60. The van der Waals surface area contributed by atoms with Crippen LogP contribution in [-0.4, -0.2) is 8.32 Å². The van der Waals surface area contributed by atoms with Crippen molar-refractivity contribution in [2.75, 3.05) is 0 Å². The molecule has 0 spiro atoms. The van der Waals surface area contributed by atoms with Crippen LogP contribution in [0, 0.1) is 0 Å². The fourth-order valence-corrected chi connectivity index (χ4v) is 3.17. The lowest BCUT2D eigenvalue weighted by Gasteiger charge is -2.37. The minimum absolute atomic E-state index is 0.173. The van der Waals surface area contributed by atoms with Crippen molar-refractivity contribution in [1.82, 2.24) is 0 Å². The molecule has 3 heteroatoms. The van der Waals surface area contributed by atoms with Crippen molar-refractivity contribution < 1.29 is 4.43 Å². The van der Waals surface area contributed by atoms with Gasteiger partial charge in [0.25, 0.3) is 0 Å². The van der Waals surface area contributed by atoms with Crippen LogP contribution in [0.2, 0.25) is 18.1 Å². The monoisotopic (exact) mass is 356 g/mol. The summed E-state index contributed by atoms with van der Waals surface area (Å²) in [5.41, 5.74) is 2.78. The highest BCUT2D eigenvalue weighted by Gasteiger charge is 2.39. The fraction of sp³-hybridized carbons (Fsp3) is 0.647. The second-order valence-corrected chi connectivity index (χ2v) is 13.4. The van der Waals surface area contributed by atoms with Crippen LogP contribution in [0.4, 0.5) is 0 Å². The van der Waals surface area contributed by atoms with Gasteiger partial charge >= 0.3 is 0 Å². The SMILES string of the molecule is CC(C)(C)c1ccc(O[Si](C)(C)C(C)(C)C)c(CBr)c1. The van der Waals surface area contributed by atoms with E-state index in [9.17, 15) is 0 Å². The topological polar surface area (TPSA) is 9.23 Å². The first-order chi connectivity index (χ1) is 8.88.